The van der Waals surface area contributed by atoms with Crippen LogP contribution in [0.4, 0.5) is 18.9 Å². The first kappa shape index (κ1) is 22.8. The number of methoxy groups -OCH3 is 1. The molecule has 0 atom stereocenters. The van der Waals surface area contributed by atoms with E-state index in [0.29, 0.717) is 28.1 Å². The molecule has 0 bridgehead atoms. The van der Waals surface area contributed by atoms with E-state index >= 15 is 0 Å². The summed E-state index contributed by atoms with van der Waals surface area (Å²) >= 11 is 12.1. The highest BCUT2D eigenvalue weighted by Crippen LogP contribution is 2.34. The summed E-state index contributed by atoms with van der Waals surface area (Å²) in [6.07, 6.45) is -4.71. The highest BCUT2D eigenvalue weighted by Gasteiger charge is 2.36. The number of nitrogens with zero attached hydrogens (tertiary/aromatic N) is 2. The summed E-state index contributed by atoms with van der Waals surface area (Å²) in [6, 6.07) is 10.0. The van der Waals surface area contributed by atoms with Crippen molar-refractivity contribution in [2.24, 2.45) is 0 Å². The number of amides is 1. The van der Waals surface area contributed by atoms with Gasteiger partial charge in [-0.15, -0.1) is 0 Å². The Labute approximate surface area is 185 Å². The van der Waals surface area contributed by atoms with Crippen LogP contribution >= 0.6 is 23.2 Å². The van der Waals surface area contributed by atoms with E-state index in [-0.39, 0.29) is 16.6 Å². The number of hydrogen-bond donors (Lipinski definition) is 1. The maximum Gasteiger partial charge on any atom is 0.435 e. The molecule has 0 aliphatic heterocycles. The molecule has 3 aromatic rings. The van der Waals surface area contributed by atoms with Gasteiger partial charge in [-0.3, -0.25) is 4.79 Å². The van der Waals surface area contributed by atoms with E-state index in [2.05, 4.69) is 10.4 Å². The topological polar surface area (TPSA) is 65.4 Å². The first-order valence-corrected chi connectivity index (χ1v) is 9.54. The van der Waals surface area contributed by atoms with E-state index in [4.69, 9.17) is 32.7 Å². The number of carbonyl (C=O) groups is 1. The number of halogens is 5. The fourth-order valence-electron chi connectivity index (χ4n) is 2.66. The molecule has 0 aliphatic carbocycles. The minimum atomic E-state index is -4.71. The molecule has 0 saturated carbocycles. The number of rotatable bonds is 6. The molecule has 1 aromatic heterocycles. The van der Waals surface area contributed by atoms with Crippen LogP contribution in [0.15, 0.2) is 42.5 Å². The summed E-state index contributed by atoms with van der Waals surface area (Å²) < 4.78 is 50.9. The number of carbonyl (C=O) groups excluding carboxylic acids is 1. The molecule has 6 nitrogen and oxygen atoms in total. The molecule has 0 saturated heterocycles. The smallest absolute Gasteiger partial charge is 0.435 e. The molecule has 0 radical (unpaired) electrons. The van der Waals surface area contributed by atoms with Crippen LogP contribution in [0.2, 0.25) is 10.0 Å². The van der Waals surface area contributed by atoms with E-state index in [9.17, 15) is 18.0 Å². The van der Waals surface area contributed by atoms with Crippen LogP contribution < -0.4 is 14.8 Å². The Kier molecular flexibility index (Phi) is 6.66. The Bertz CT molecular complexity index is 1120. The number of para-hydroxylation sites is 1. The molecule has 0 fully saturated rings. The lowest BCUT2D eigenvalue weighted by Gasteiger charge is -2.13. The molecule has 1 heterocycles. The Balaban J connectivity index is 1.83. The predicted octanol–water partition coefficient (Wildman–Crippen LogP) is 5.53. The highest BCUT2D eigenvalue weighted by molar-refractivity contribution is 6.32. The zero-order valence-electron chi connectivity index (χ0n) is 16.3. The molecular formula is C20H16Cl2F3N3O3. The Morgan fingerprint density at radius 1 is 1.16 bits per heavy atom. The molecule has 1 N–H and O–H groups in total. The second-order valence-electron chi connectivity index (χ2n) is 6.37. The molecule has 0 aliphatic rings. The maximum atomic E-state index is 13.2. The highest BCUT2D eigenvalue weighted by atomic mass is 35.5. The third kappa shape index (κ3) is 5.23. The summed E-state index contributed by atoms with van der Waals surface area (Å²) in [6.45, 7) is 1.16. The quantitative estimate of drug-likeness (QED) is 0.510. The van der Waals surface area contributed by atoms with E-state index in [1.165, 1.54) is 25.3 Å². The number of anilines is 1. The SMILES string of the molecule is COc1cc(Cl)c(C)cc1NC(=O)COc1cc(C(F)(F)F)nn1-c1ccccc1Cl. The van der Waals surface area contributed by atoms with Crippen LogP contribution in [-0.4, -0.2) is 29.4 Å². The van der Waals surface area contributed by atoms with Gasteiger partial charge in [0.05, 0.1) is 23.5 Å². The van der Waals surface area contributed by atoms with Gasteiger partial charge in [-0.1, -0.05) is 35.3 Å². The lowest BCUT2D eigenvalue weighted by Crippen LogP contribution is -2.21. The molecular weight excluding hydrogens is 458 g/mol. The zero-order chi connectivity index (χ0) is 22.8. The molecule has 2 aromatic carbocycles. The standard InChI is InChI=1S/C20H16Cl2F3N3O3/c1-11-7-14(16(30-2)8-13(11)22)26-18(29)10-31-19-9-17(20(23,24)25)27-28(19)15-6-4-3-5-12(15)21/h3-9H,10H2,1-2H3,(H,26,29). The number of benzene rings is 2. The number of hydrogen-bond acceptors (Lipinski definition) is 4. The second-order valence-corrected chi connectivity index (χ2v) is 7.18. The van der Waals surface area contributed by atoms with Crippen molar-refractivity contribution in [2.45, 2.75) is 13.1 Å². The Morgan fingerprint density at radius 2 is 1.87 bits per heavy atom. The van der Waals surface area contributed by atoms with Crippen LogP contribution in [0.1, 0.15) is 11.3 Å². The molecule has 164 valence electrons. The van der Waals surface area contributed by atoms with Gasteiger partial charge in [0.2, 0.25) is 5.88 Å². The number of alkyl halides is 3. The minimum Gasteiger partial charge on any atom is -0.495 e. The first-order valence-electron chi connectivity index (χ1n) is 8.79. The van der Waals surface area contributed by atoms with Gasteiger partial charge in [0, 0.05) is 17.2 Å². The monoisotopic (exact) mass is 473 g/mol. The minimum absolute atomic E-state index is 0.162. The van der Waals surface area contributed by atoms with Gasteiger partial charge in [-0.05, 0) is 30.7 Å². The molecule has 0 spiro atoms. The summed E-state index contributed by atoms with van der Waals surface area (Å²) in [7, 11) is 1.41. The summed E-state index contributed by atoms with van der Waals surface area (Å²) in [5.41, 5.74) is 0.0294. The number of nitrogens with one attached hydrogen (secondary N) is 1. The van der Waals surface area contributed by atoms with Crippen molar-refractivity contribution in [1.82, 2.24) is 9.78 Å². The lowest BCUT2D eigenvalue weighted by molar-refractivity contribution is -0.141. The summed E-state index contributed by atoms with van der Waals surface area (Å²) in [4.78, 5) is 12.4. The zero-order valence-corrected chi connectivity index (χ0v) is 17.8. The maximum absolute atomic E-state index is 13.2. The number of aromatic nitrogens is 2. The largest absolute Gasteiger partial charge is 0.495 e. The van der Waals surface area contributed by atoms with Gasteiger partial charge < -0.3 is 14.8 Å². The fraction of sp³-hybridized carbons (Fsp3) is 0.200. The number of aryl methyl sites for hydroxylation is 1. The fourth-order valence-corrected chi connectivity index (χ4v) is 3.03. The molecule has 0 unspecified atom stereocenters. The van der Waals surface area contributed by atoms with Crippen LogP contribution in [0, 0.1) is 6.92 Å². The average molecular weight is 474 g/mol. The van der Waals surface area contributed by atoms with Crippen LogP contribution in [-0.2, 0) is 11.0 Å². The van der Waals surface area contributed by atoms with Crippen molar-refractivity contribution in [3.63, 3.8) is 0 Å². The van der Waals surface area contributed by atoms with E-state index in [1.807, 2.05) is 0 Å². The van der Waals surface area contributed by atoms with Crippen molar-refractivity contribution < 1.29 is 27.4 Å². The predicted molar refractivity (Wildman–Crippen MR) is 110 cm³/mol. The van der Waals surface area contributed by atoms with Crippen molar-refractivity contribution in [1.29, 1.82) is 0 Å². The Morgan fingerprint density at radius 3 is 2.52 bits per heavy atom. The van der Waals surface area contributed by atoms with E-state index in [0.717, 1.165) is 4.68 Å². The van der Waals surface area contributed by atoms with Gasteiger partial charge in [-0.2, -0.15) is 23.0 Å². The Hall–Kier alpha value is -2.91. The number of ether oxygens (including phenoxy) is 2. The molecule has 3 rings (SSSR count). The van der Waals surface area contributed by atoms with Crippen molar-refractivity contribution in [3.05, 3.63) is 63.8 Å². The van der Waals surface area contributed by atoms with Gasteiger partial charge in [-0.25, -0.2) is 0 Å². The molecule has 11 heteroatoms. The summed E-state index contributed by atoms with van der Waals surface area (Å²) in [5, 5.41) is 6.74. The lowest BCUT2D eigenvalue weighted by atomic mass is 10.2. The third-order valence-electron chi connectivity index (χ3n) is 4.15. The first-order chi connectivity index (χ1) is 14.6. The summed E-state index contributed by atoms with van der Waals surface area (Å²) in [5.74, 6) is -0.597. The third-order valence-corrected chi connectivity index (χ3v) is 4.88. The van der Waals surface area contributed by atoms with Gasteiger partial charge in [0.25, 0.3) is 5.91 Å². The normalized spacial score (nSPS) is 11.3. The van der Waals surface area contributed by atoms with E-state index < -0.39 is 24.4 Å². The van der Waals surface area contributed by atoms with Crippen molar-refractivity contribution in [2.75, 3.05) is 19.0 Å². The van der Waals surface area contributed by atoms with Gasteiger partial charge in [0.1, 0.15) is 5.75 Å². The molecule has 31 heavy (non-hydrogen) atoms. The van der Waals surface area contributed by atoms with Crippen LogP contribution in [0.3, 0.4) is 0 Å². The van der Waals surface area contributed by atoms with E-state index in [1.54, 1.807) is 25.1 Å². The average Bonchev–Trinajstić information content (AvgIpc) is 3.14. The molecule has 1 amide bonds. The van der Waals surface area contributed by atoms with Gasteiger partial charge >= 0.3 is 6.18 Å². The second kappa shape index (κ2) is 9.07. The van der Waals surface area contributed by atoms with Crippen molar-refractivity contribution in [3.8, 4) is 17.3 Å². The van der Waals surface area contributed by atoms with Gasteiger partial charge in [0.15, 0.2) is 12.3 Å². The van der Waals surface area contributed by atoms with Crippen LogP contribution in [0.25, 0.3) is 5.69 Å². The van der Waals surface area contributed by atoms with Crippen LogP contribution in [0.5, 0.6) is 11.6 Å². The van der Waals surface area contributed by atoms with Crippen molar-refractivity contribution >= 4 is 34.8 Å².